The lowest BCUT2D eigenvalue weighted by atomic mass is 9.94. The van der Waals surface area contributed by atoms with Gasteiger partial charge in [0.15, 0.2) is 0 Å². The van der Waals surface area contributed by atoms with Gasteiger partial charge in [-0.3, -0.25) is 9.59 Å². The van der Waals surface area contributed by atoms with Crippen LogP contribution < -0.4 is 10.2 Å². The highest BCUT2D eigenvalue weighted by Crippen LogP contribution is 2.42. The van der Waals surface area contributed by atoms with Crippen molar-refractivity contribution in [2.24, 2.45) is 5.92 Å². The van der Waals surface area contributed by atoms with Gasteiger partial charge in [-0.1, -0.05) is 0 Å². The molecule has 1 saturated heterocycles. The van der Waals surface area contributed by atoms with Crippen molar-refractivity contribution in [2.45, 2.75) is 31.7 Å². The van der Waals surface area contributed by atoms with Crippen LogP contribution in [0.3, 0.4) is 0 Å². The summed E-state index contributed by atoms with van der Waals surface area (Å²) in [6.07, 6.45) is 2.15. The van der Waals surface area contributed by atoms with E-state index in [0.717, 1.165) is 12.8 Å². The Morgan fingerprint density at radius 2 is 2.10 bits per heavy atom. The molecule has 2 fully saturated rings. The standard InChI is InChI=1S/C15H16BrFN2O2/c1-15(9-2-3-9)14(21)19(7-6-13(20)18-15)10-4-5-12(17)11(16)8-10/h4-5,8-9H,2-3,6-7H2,1H3,(H,18,20). The summed E-state index contributed by atoms with van der Waals surface area (Å²) in [6, 6.07) is 4.47. The molecule has 1 aromatic carbocycles. The van der Waals surface area contributed by atoms with Crippen molar-refractivity contribution in [3.05, 3.63) is 28.5 Å². The summed E-state index contributed by atoms with van der Waals surface area (Å²) in [5, 5.41) is 2.88. The number of rotatable bonds is 2. The molecule has 1 N–H and O–H groups in total. The van der Waals surface area contributed by atoms with E-state index in [9.17, 15) is 14.0 Å². The van der Waals surface area contributed by atoms with Crippen LogP contribution in [0.15, 0.2) is 22.7 Å². The highest BCUT2D eigenvalue weighted by atomic mass is 79.9. The van der Waals surface area contributed by atoms with E-state index in [1.165, 1.54) is 6.07 Å². The molecular formula is C15H16BrFN2O2. The Kier molecular flexibility index (Phi) is 3.51. The molecule has 112 valence electrons. The Labute approximate surface area is 130 Å². The molecule has 0 radical (unpaired) electrons. The molecule has 3 rings (SSSR count). The van der Waals surface area contributed by atoms with Gasteiger partial charge in [0.25, 0.3) is 5.91 Å². The summed E-state index contributed by atoms with van der Waals surface area (Å²) in [5.74, 6) is -0.408. The number of halogens is 2. The minimum atomic E-state index is -0.853. The lowest BCUT2D eigenvalue weighted by Gasteiger charge is -2.32. The zero-order valence-electron chi connectivity index (χ0n) is 11.7. The molecule has 1 atom stereocenters. The molecular weight excluding hydrogens is 339 g/mol. The smallest absolute Gasteiger partial charge is 0.252 e. The molecule has 1 aliphatic heterocycles. The molecule has 1 saturated carbocycles. The average Bonchev–Trinajstić information content (AvgIpc) is 3.26. The minimum Gasteiger partial charge on any atom is -0.342 e. The van der Waals surface area contributed by atoms with Crippen LogP contribution in [0.4, 0.5) is 10.1 Å². The van der Waals surface area contributed by atoms with Crippen LogP contribution >= 0.6 is 15.9 Å². The second kappa shape index (κ2) is 5.09. The topological polar surface area (TPSA) is 49.4 Å². The predicted octanol–water partition coefficient (Wildman–Crippen LogP) is 2.61. The van der Waals surface area contributed by atoms with E-state index in [2.05, 4.69) is 21.2 Å². The SMILES string of the molecule is CC1(C2CC2)NC(=O)CCN(c2ccc(F)c(Br)c2)C1=O. The number of amides is 2. The highest BCUT2D eigenvalue weighted by Gasteiger charge is 2.51. The van der Waals surface area contributed by atoms with Gasteiger partial charge >= 0.3 is 0 Å². The third-order valence-corrected chi connectivity index (χ3v) is 4.87. The van der Waals surface area contributed by atoms with Crippen molar-refractivity contribution >= 4 is 33.4 Å². The maximum atomic E-state index is 13.4. The molecule has 2 amide bonds. The fraction of sp³-hybridized carbons (Fsp3) is 0.467. The summed E-state index contributed by atoms with van der Waals surface area (Å²) in [5.41, 5.74) is -0.245. The quantitative estimate of drug-likeness (QED) is 0.887. The van der Waals surface area contributed by atoms with Crippen LogP contribution in [0.5, 0.6) is 0 Å². The van der Waals surface area contributed by atoms with Gasteiger partial charge in [-0.2, -0.15) is 0 Å². The van der Waals surface area contributed by atoms with Crippen molar-refractivity contribution in [1.29, 1.82) is 0 Å². The van der Waals surface area contributed by atoms with E-state index < -0.39 is 5.54 Å². The van der Waals surface area contributed by atoms with Crippen LogP contribution in [0.2, 0.25) is 0 Å². The van der Waals surface area contributed by atoms with Gasteiger partial charge in [-0.25, -0.2) is 4.39 Å². The van der Waals surface area contributed by atoms with Gasteiger partial charge in [0.2, 0.25) is 5.91 Å². The zero-order valence-corrected chi connectivity index (χ0v) is 13.2. The number of benzene rings is 1. The monoisotopic (exact) mass is 354 g/mol. The van der Waals surface area contributed by atoms with Crippen molar-refractivity contribution in [3.63, 3.8) is 0 Å². The Morgan fingerprint density at radius 3 is 2.71 bits per heavy atom. The normalized spacial score (nSPS) is 26.5. The van der Waals surface area contributed by atoms with E-state index >= 15 is 0 Å². The average molecular weight is 355 g/mol. The number of hydrogen-bond donors (Lipinski definition) is 1. The minimum absolute atomic E-state index is 0.110. The molecule has 0 bridgehead atoms. The summed E-state index contributed by atoms with van der Waals surface area (Å²) in [6.45, 7) is 2.10. The fourth-order valence-corrected chi connectivity index (χ4v) is 3.20. The van der Waals surface area contributed by atoms with Crippen LogP contribution in [0.1, 0.15) is 26.2 Å². The second-order valence-corrected chi connectivity index (χ2v) is 6.68. The first kappa shape index (κ1) is 14.5. The third-order valence-electron chi connectivity index (χ3n) is 4.26. The second-order valence-electron chi connectivity index (χ2n) is 5.83. The van der Waals surface area contributed by atoms with Crippen molar-refractivity contribution in [1.82, 2.24) is 5.32 Å². The molecule has 2 aliphatic rings. The molecule has 4 nitrogen and oxygen atoms in total. The first-order valence-corrected chi connectivity index (χ1v) is 7.79. The molecule has 0 spiro atoms. The number of nitrogens with zero attached hydrogens (tertiary/aromatic N) is 1. The summed E-state index contributed by atoms with van der Waals surface area (Å²) < 4.78 is 13.7. The van der Waals surface area contributed by atoms with Gasteiger partial charge < -0.3 is 10.2 Å². The molecule has 0 aromatic heterocycles. The fourth-order valence-electron chi connectivity index (χ4n) is 2.84. The van der Waals surface area contributed by atoms with E-state index in [0.29, 0.717) is 16.7 Å². The van der Waals surface area contributed by atoms with Crippen molar-refractivity contribution in [3.8, 4) is 0 Å². The Balaban J connectivity index is 1.98. The summed E-state index contributed by atoms with van der Waals surface area (Å²) in [7, 11) is 0. The van der Waals surface area contributed by atoms with E-state index in [4.69, 9.17) is 0 Å². The van der Waals surface area contributed by atoms with Gasteiger partial charge in [0.1, 0.15) is 11.4 Å². The van der Waals surface area contributed by atoms with E-state index in [1.54, 1.807) is 24.0 Å². The van der Waals surface area contributed by atoms with Crippen molar-refractivity contribution in [2.75, 3.05) is 11.4 Å². The molecule has 1 unspecified atom stereocenters. The predicted molar refractivity (Wildman–Crippen MR) is 80.3 cm³/mol. The maximum absolute atomic E-state index is 13.4. The number of anilines is 1. The number of carbonyl (C=O) groups is 2. The van der Waals surface area contributed by atoms with Gasteiger partial charge in [0, 0.05) is 18.7 Å². The van der Waals surface area contributed by atoms with Crippen LogP contribution in [-0.4, -0.2) is 23.9 Å². The Hall–Kier alpha value is -1.43. The Morgan fingerprint density at radius 1 is 1.38 bits per heavy atom. The van der Waals surface area contributed by atoms with Crippen LogP contribution in [-0.2, 0) is 9.59 Å². The zero-order chi connectivity index (χ0) is 15.2. The number of hydrogen-bond acceptors (Lipinski definition) is 2. The molecule has 1 aromatic rings. The highest BCUT2D eigenvalue weighted by molar-refractivity contribution is 9.10. The van der Waals surface area contributed by atoms with Gasteiger partial charge in [-0.15, -0.1) is 0 Å². The largest absolute Gasteiger partial charge is 0.342 e. The van der Waals surface area contributed by atoms with Gasteiger partial charge in [0.05, 0.1) is 4.47 Å². The van der Waals surface area contributed by atoms with Crippen LogP contribution in [0.25, 0.3) is 0 Å². The molecule has 21 heavy (non-hydrogen) atoms. The molecule has 1 aliphatic carbocycles. The van der Waals surface area contributed by atoms with E-state index in [1.807, 2.05) is 0 Å². The summed E-state index contributed by atoms with van der Waals surface area (Å²) in [4.78, 5) is 26.4. The lowest BCUT2D eigenvalue weighted by molar-refractivity contribution is -0.130. The molecule has 1 heterocycles. The first-order valence-electron chi connectivity index (χ1n) is 7.00. The third kappa shape index (κ3) is 2.57. The Bertz CT molecular complexity index is 618. The lowest BCUT2D eigenvalue weighted by Crippen LogP contribution is -2.56. The maximum Gasteiger partial charge on any atom is 0.252 e. The van der Waals surface area contributed by atoms with E-state index in [-0.39, 0.29) is 30.0 Å². The van der Waals surface area contributed by atoms with Crippen LogP contribution in [0, 0.1) is 11.7 Å². The van der Waals surface area contributed by atoms with Crippen molar-refractivity contribution < 1.29 is 14.0 Å². The molecule has 6 heteroatoms. The summed E-state index contributed by atoms with van der Waals surface area (Å²) >= 11 is 3.14. The number of carbonyl (C=O) groups excluding carboxylic acids is 2. The van der Waals surface area contributed by atoms with Gasteiger partial charge in [-0.05, 0) is 59.8 Å². The first-order chi connectivity index (χ1) is 9.91. The number of nitrogens with one attached hydrogen (secondary N) is 1.